The maximum absolute atomic E-state index is 10.9. The molecule has 0 aromatic rings. The molecule has 2 unspecified atom stereocenters. The van der Waals surface area contributed by atoms with E-state index in [2.05, 4.69) is 0 Å². The topological polar surface area (TPSA) is 69.4 Å². The van der Waals surface area contributed by atoms with E-state index in [1.165, 1.54) is 6.92 Å². The monoisotopic (exact) mass is 185 g/mol. The normalized spacial score (nSPS) is 28.1. The minimum Gasteiger partial charge on any atom is -0.463 e. The Kier molecular flexibility index (Phi) is 3.28. The van der Waals surface area contributed by atoms with Gasteiger partial charge in [-0.05, 0) is 25.7 Å². The average Bonchev–Trinajstić information content (AvgIpc) is 2.03. The van der Waals surface area contributed by atoms with Crippen molar-refractivity contribution in [1.82, 2.24) is 0 Å². The molecule has 0 aliphatic heterocycles. The largest absolute Gasteiger partial charge is 0.463 e. The van der Waals surface area contributed by atoms with Crippen LogP contribution in [0.15, 0.2) is 0 Å². The zero-order valence-corrected chi connectivity index (χ0v) is 7.79. The lowest BCUT2D eigenvalue weighted by Gasteiger charge is -2.26. The summed E-state index contributed by atoms with van der Waals surface area (Å²) < 4.78 is 5.02. The minimum absolute atomic E-state index is 0.108. The standard InChI is InChI=1S/C9H15NO3/c1-6(11)13-8-4-2-3-7(5-8)9(10)12/h7-8H,2-5H2,1H3,(H2,10,12). The summed E-state index contributed by atoms with van der Waals surface area (Å²) in [7, 11) is 0. The SMILES string of the molecule is CC(=O)OC1CCCC(C(N)=O)C1. The van der Waals surface area contributed by atoms with Crippen LogP contribution in [0.25, 0.3) is 0 Å². The highest BCUT2D eigenvalue weighted by atomic mass is 16.5. The van der Waals surface area contributed by atoms with Crippen LogP contribution in [0.3, 0.4) is 0 Å². The molecule has 0 saturated heterocycles. The Bertz CT molecular complexity index is 215. The quantitative estimate of drug-likeness (QED) is 0.640. The summed E-state index contributed by atoms with van der Waals surface area (Å²) in [6, 6.07) is 0. The maximum Gasteiger partial charge on any atom is 0.302 e. The van der Waals surface area contributed by atoms with Gasteiger partial charge in [-0.2, -0.15) is 0 Å². The molecule has 4 nitrogen and oxygen atoms in total. The van der Waals surface area contributed by atoms with Crippen molar-refractivity contribution in [2.75, 3.05) is 0 Å². The summed E-state index contributed by atoms with van der Waals surface area (Å²) in [6.07, 6.45) is 3.07. The van der Waals surface area contributed by atoms with Crippen molar-refractivity contribution in [3.63, 3.8) is 0 Å². The van der Waals surface area contributed by atoms with E-state index in [0.29, 0.717) is 6.42 Å². The van der Waals surface area contributed by atoms with Crippen molar-refractivity contribution in [2.24, 2.45) is 11.7 Å². The molecular weight excluding hydrogens is 170 g/mol. The number of nitrogens with two attached hydrogens (primary N) is 1. The zero-order chi connectivity index (χ0) is 9.84. The summed E-state index contributed by atoms with van der Waals surface area (Å²) >= 11 is 0. The van der Waals surface area contributed by atoms with Crippen LogP contribution in [0.5, 0.6) is 0 Å². The Morgan fingerprint density at radius 1 is 1.38 bits per heavy atom. The fraction of sp³-hybridized carbons (Fsp3) is 0.778. The first-order valence-electron chi connectivity index (χ1n) is 4.56. The summed E-state index contributed by atoms with van der Waals surface area (Å²) in [5.74, 6) is -0.676. The Morgan fingerprint density at radius 2 is 2.08 bits per heavy atom. The first-order valence-corrected chi connectivity index (χ1v) is 4.56. The molecule has 1 aliphatic carbocycles. The number of amides is 1. The summed E-state index contributed by atoms with van der Waals surface area (Å²) in [4.78, 5) is 21.5. The molecule has 1 rings (SSSR count). The molecular formula is C9H15NO3. The minimum atomic E-state index is -0.282. The van der Waals surface area contributed by atoms with E-state index >= 15 is 0 Å². The lowest BCUT2D eigenvalue weighted by atomic mass is 9.87. The molecule has 0 aromatic heterocycles. The zero-order valence-electron chi connectivity index (χ0n) is 7.79. The van der Waals surface area contributed by atoms with Gasteiger partial charge in [-0.25, -0.2) is 0 Å². The van der Waals surface area contributed by atoms with Gasteiger partial charge in [0.05, 0.1) is 0 Å². The van der Waals surface area contributed by atoms with E-state index in [4.69, 9.17) is 10.5 Å². The van der Waals surface area contributed by atoms with Crippen LogP contribution in [0.2, 0.25) is 0 Å². The predicted molar refractivity (Wildman–Crippen MR) is 46.7 cm³/mol. The number of primary amides is 1. The lowest BCUT2D eigenvalue weighted by molar-refractivity contribution is -0.149. The number of carbonyl (C=O) groups is 2. The highest BCUT2D eigenvalue weighted by molar-refractivity contribution is 5.76. The van der Waals surface area contributed by atoms with Gasteiger partial charge in [-0.3, -0.25) is 9.59 Å². The second-order valence-electron chi connectivity index (χ2n) is 3.50. The first kappa shape index (κ1) is 10.0. The molecule has 2 atom stereocenters. The van der Waals surface area contributed by atoms with Gasteiger partial charge in [0.1, 0.15) is 6.10 Å². The fourth-order valence-corrected chi connectivity index (χ4v) is 1.75. The number of hydrogen-bond acceptors (Lipinski definition) is 3. The molecule has 1 fully saturated rings. The molecule has 0 bridgehead atoms. The van der Waals surface area contributed by atoms with Crippen LogP contribution >= 0.6 is 0 Å². The van der Waals surface area contributed by atoms with Crippen LogP contribution in [-0.2, 0) is 14.3 Å². The van der Waals surface area contributed by atoms with Crippen LogP contribution in [0, 0.1) is 5.92 Å². The van der Waals surface area contributed by atoms with E-state index in [1.54, 1.807) is 0 Å². The number of esters is 1. The first-order chi connectivity index (χ1) is 6.09. The molecule has 1 amide bonds. The fourth-order valence-electron chi connectivity index (χ4n) is 1.75. The number of carbonyl (C=O) groups excluding carboxylic acids is 2. The van der Waals surface area contributed by atoms with Crippen molar-refractivity contribution in [2.45, 2.75) is 38.7 Å². The van der Waals surface area contributed by atoms with Gasteiger partial charge in [-0.1, -0.05) is 0 Å². The molecule has 4 heteroatoms. The third kappa shape index (κ3) is 3.05. The highest BCUT2D eigenvalue weighted by Gasteiger charge is 2.27. The van der Waals surface area contributed by atoms with E-state index in [9.17, 15) is 9.59 Å². The third-order valence-electron chi connectivity index (χ3n) is 2.36. The number of ether oxygens (including phenoxy) is 1. The number of hydrogen-bond donors (Lipinski definition) is 1. The van der Waals surface area contributed by atoms with E-state index in [0.717, 1.165) is 19.3 Å². The highest BCUT2D eigenvalue weighted by Crippen LogP contribution is 2.25. The van der Waals surface area contributed by atoms with Gasteiger partial charge in [0.2, 0.25) is 5.91 Å². The molecule has 0 radical (unpaired) electrons. The van der Waals surface area contributed by atoms with Gasteiger partial charge in [0, 0.05) is 12.8 Å². The molecule has 0 spiro atoms. The summed E-state index contributed by atoms with van der Waals surface area (Å²) in [6.45, 7) is 1.38. The smallest absolute Gasteiger partial charge is 0.302 e. The molecule has 0 heterocycles. The van der Waals surface area contributed by atoms with Crippen molar-refractivity contribution in [3.8, 4) is 0 Å². The molecule has 0 aromatic carbocycles. The van der Waals surface area contributed by atoms with Crippen LogP contribution in [-0.4, -0.2) is 18.0 Å². The Morgan fingerprint density at radius 3 is 2.62 bits per heavy atom. The van der Waals surface area contributed by atoms with Gasteiger partial charge in [-0.15, -0.1) is 0 Å². The molecule has 74 valence electrons. The Balaban J connectivity index is 2.41. The molecule has 2 N–H and O–H groups in total. The third-order valence-corrected chi connectivity index (χ3v) is 2.36. The van der Waals surface area contributed by atoms with Gasteiger partial charge in [0.25, 0.3) is 0 Å². The molecule has 1 aliphatic rings. The van der Waals surface area contributed by atoms with E-state index in [-0.39, 0.29) is 23.9 Å². The van der Waals surface area contributed by atoms with Crippen LogP contribution < -0.4 is 5.73 Å². The number of rotatable bonds is 2. The Hall–Kier alpha value is -1.06. The Labute approximate surface area is 77.4 Å². The van der Waals surface area contributed by atoms with E-state index in [1.807, 2.05) is 0 Å². The molecule has 1 saturated carbocycles. The van der Waals surface area contributed by atoms with Crippen LogP contribution in [0.1, 0.15) is 32.6 Å². The summed E-state index contributed by atoms with van der Waals surface area (Å²) in [5, 5.41) is 0. The van der Waals surface area contributed by atoms with Crippen LogP contribution in [0.4, 0.5) is 0 Å². The van der Waals surface area contributed by atoms with Crippen molar-refractivity contribution < 1.29 is 14.3 Å². The molecule has 13 heavy (non-hydrogen) atoms. The maximum atomic E-state index is 10.9. The second kappa shape index (κ2) is 4.25. The van der Waals surface area contributed by atoms with Gasteiger partial charge < -0.3 is 10.5 Å². The average molecular weight is 185 g/mol. The van der Waals surface area contributed by atoms with Gasteiger partial charge >= 0.3 is 5.97 Å². The van der Waals surface area contributed by atoms with Crippen molar-refractivity contribution in [3.05, 3.63) is 0 Å². The van der Waals surface area contributed by atoms with Crippen molar-refractivity contribution >= 4 is 11.9 Å². The predicted octanol–water partition coefficient (Wildman–Crippen LogP) is 0.594. The lowest BCUT2D eigenvalue weighted by Crippen LogP contribution is -2.32. The van der Waals surface area contributed by atoms with Gasteiger partial charge in [0.15, 0.2) is 0 Å². The van der Waals surface area contributed by atoms with E-state index < -0.39 is 0 Å². The second-order valence-corrected chi connectivity index (χ2v) is 3.50. The summed E-state index contributed by atoms with van der Waals surface area (Å²) in [5.41, 5.74) is 5.18. The van der Waals surface area contributed by atoms with Crippen molar-refractivity contribution in [1.29, 1.82) is 0 Å².